The first kappa shape index (κ1) is 23.7. The van der Waals surface area contributed by atoms with Crippen molar-refractivity contribution >= 4 is 10.9 Å². The first-order valence-electron chi connectivity index (χ1n) is 11.8. The van der Waals surface area contributed by atoms with Crippen molar-refractivity contribution in [2.24, 2.45) is 0 Å². The minimum atomic E-state index is -0.545. The molecule has 0 spiro atoms. The molecule has 3 aromatic heterocycles. The molecule has 0 saturated carbocycles. The Kier molecular flexibility index (Phi) is 7.01. The number of nitrogens with zero attached hydrogens (tertiary/aromatic N) is 5. The highest BCUT2D eigenvalue weighted by atomic mass is 16.5. The fourth-order valence-corrected chi connectivity index (χ4v) is 4.44. The maximum absolute atomic E-state index is 13.6. The van der Waals surface area contributed by atoms with Crippen molar-refractivity contribution in [2.45, 2.75) is 32.6 Å². The normalized spacial score (nSPS) is 12.4. The zero-order valence-corrected chi connectivity index (χ0v) is 20.3. The van der Waals surface area contributed by atoms with Gasteiger partial charge in [0.05, 0.1) is 26.0 Å². The number of furan rings is 1. The molecule has 36 heavy (non-hydrogen) atoms. The molecule has 0 radical (unpaired) electrons. The van der Waals surface area contributed by atoms with Gasteiger partial charge in [0.1, 0.15) is 11.8 Å². The Bertz CT molecular complexity index is 1480. The van der Waals surface area contributed by atoms with Crippen LogP contribution in [0.1, 0.15) is 34.3 Å². The molecule has 2 aromatic carbocycles. The van der Waals surface area contributed by atoms with E-state index in [2.05, 4.69) is 37.5 Å². The first-order chi connectivity index (χ1) is 17.6. The Hall–Kier alpha value is -4.08. The van der Waals surface area contributed by atoms with E-state index in [1.165, 1.54) is 0 Å². The summed E-state index contributed by atoms with van der Waals surface area (Å²) in [6.45, 7) is 3.90. The van der Waals surface area contributed by atoms with Gasteiger partial charge in [-0.3, -0.25) is 9.69 Å². The number of rotatable bonds is 10. The van der Waals surface area contributed by atoms with E-state index in [9.17, 15) is 4.79 Å². The van der Waals surface area contributed by atoms with Crippen molar-refractivity contribution in [3.8, 4) is 0 Å². The van der Waals surface area contributed by atoms with E-state index < -0.39 is 6.04 Å². The number of aromatic amines is 1. The minimum Gasteiger partial charge on any atom is -0.468 e. The molecule has 0 aliphatic carbocycles. The maximum Gasteiger partial charge on any atom is 0.253 e. The quantitative estimate of drug-likeness (QED) is 0.321. The summed E-state index contributed by atoms with van der Waals surface area (Å²) in [6, 6.07) is 21.3. The van der Waals surface area contributed by atoms with Crippen molar-refractivity contribution in [2.75, 3.05) is 13.7 Å². The van der Waals surface area contributed by atoms with Gasteiger partial charge in [-0.25, -0.2) is 4.68 Å². The molecule has 5 rings (SSSR count). The third-order valence-electron chi connectivity index (χ3n) is 6.17. The van der Waals surface area contributed by atoms with E-state index in [0.717, 1.165) is 27.8 Å². The SMILES string of the molecule is COCCn1nnnc1[C@H](c1cc2ccc(C)cc2[nH]c1=O)N(Cc1ccccc1)Cc1ccco1. The number of aromatic nitrogens is 5. The number of benzene rings is 2. The number of aryl methyl sites for hydroxylation is 1. The van der Waals surface area contributed by atoms with E-state index >= 15 is 0 Å². The molecule has 0 bridgehead atoms. The lowest BCUT2D eigenvalue weighted by atomic mass is 10.0. The second-order valence-electron chi connectivity index (χ2n) is 8.77. The van der Waals surface area contributed by atoms with Crippen molar-refractivity contribution in [1.82, 2.24) is 30.1 Å². The van der Waals surface area contributed by atoms with Gasteiger partial charge in [0.2, 0.25) is 0 Å². The van der Waals surface area contributed by atoms with Crippen LogP contribution in [0.4, 0.5) is 0 Å². The van der Waals surface area contributed by atoms with E-state index in [0.29, 0.717) is 37.6 Å². The van der Waals surface area contributed by atoms with Gasteiger partial charge in [-0.05, 0) is 58.1 Å². The first-order valence-corrected chi connectivity index (χ1v) is 11.8. The molecule has 9 nitrogen and oxygen atoms in total. The molecule has 0 saturated heterocycles. The number of tetrazole rings is 1. The number of fused-ring (bicyclic) bond motifs is 1. The highest BCUT2D eigenvalue weighted by Gasteiger charge is 2.31. The molecular weight excluding hydrogens is 456 g/mol. The average Bonchev–Trinajstić information content (AvgIpc) is 3.56. The maximum atomic E-state index is 13.6. The van der Waals surface area contributed by atoms with Gasteiger partial charge in [0.15, 0.2) is 5.82 Å². The van der Waals surface area contributed by atoms with Crippen LogP contribution in [0.2, 0.25) is 0 Å². The van der Waals surface area contributed by atoms with E-state index in [1.807, 2.05) is 61.5 Å². The number of nitrogens with one attached hydrogen (secondary N) is 1. The Morgan fingerprint density at radius 1 is 1.08 bits per heavy atom. The molecule has 0 aliphatic rings. The summed E-state index contributed by atoms with van der Waals surface area (Å²) >= 11 is 0. The summed E-state index contributed by atoms with van der Waals surface area (Å²) < 4.78 is 12.7. The van der Waals surface area contributed by atoms with Crippen LogP contribution in [0.3, 0.4) is 0 Å². The standard InChI is InChI=1S/C27H28N6O3/c1-19-10-11-21-16-23(27(34)28-24(21)15-19)25(26-29-30-31-33(26)12-14-35-2)32(18-22-9-6-13-36-22)17-20-7-4-3-5-8-20/h3-11,13,15-16,25H,12,14,17-18H2,1-2H3,(H,28,34)/t25-/m0/s1. The third-order valence-corrected chi connectivity index (χ3v) is 6.17. The van der Waals surface area contributed by atoms with Gasteiger partial charge in [-0.2, -0.15) is 0 Å². The van der Waals surface area contributed by atoms with Crippen molar-refractivity contribution in [1.29, 1.82) is 0 Å². The Morgan fingerprint density at radius 3 is 2.72 bits per heavy atom. The number of hydrogen-bond acceptors (Lipinski definition) is 7. The largest absolute Gasteiger partial charge is 0.468 e. The van der Waals surface area contributed by atoms with Crippen LogP contribution in [0.15, 0.2) is 82.2 Å². The number of methoxy groups -OCH3 is 1. The Labute approximate surface area is 208 Å². The van der Waals surface area contributed by atoms with Gasteiger partial charge in [0.25, 0.3) is 5.56 Å². The Balaban J connectivity index is 1.67. The summed E-state index contributed by atoms with van der Waals surface area (Å²) in [5.74, 6) is 1.34. The van der Waals surface area contributed by atoms with Gasteiger partial charge in [-0.1, -0.05) is 42.5 Å². The average molecular weight is 485 g/mol. The van der Waals surface area contributed by atoms with Gasteiger partial charge in [-0.15, -0.1) is 5.10 Å². The second-order valence-corrected chi connectivity index (χ2v) is 8.77. The van der Waals surface area contributed by atoms with E-state index in [-0.39, 0.29) is 5.56 Å². The fourth-order valence-electron chi connectivity index (χ4n) is 4.44. The second kappa shape index (κ2) is 10.7. The lowest BCUT2D eigenvalue weighted by molar-refractivity contribution is 0.163. The van der Waals surface area contributed by atoms with E-state index in [4.69, 9.17) is 9.15 Å². The molecule has 5 aromatic rings. The molecule has 0 unspecified atom stereocenters. The van der Waals surface area contributed by atoms with Crippen LogP contribution in [0.25, 0.3) is 10.9 Å². The van der Waals surface area contributed by atoms with Gasteiger partial charge < -0.3 is 14.1 Å². The molecule has 0 aliphatic heterocycles. The molecule has 184 valence electrons. The number of hydrogen-bond donors (Lipinski definition) is 1. The highest BCUT2D eigenvalue weighted by Crippen LogP contribution is 2.30. The smallest absolute Gasteiger partial charge is 0.253 e. The molecule has 0 fully saturated rings. The van der Waals surface area contributed by atoms with Crippen LogP contribution in [-0.2, 0) is 24.4 Å². The number of pyridine rings is 1. The Morgan fingerprint density at radius 2 is 1.94 bits per heavy atom. The topological polar surface area (TPSA) is 102 Å². The summed E-state index contributed by atoms with van der Waals surface area (Å²) in [6.07, 6.45) is 1.65. The fraction of sp³-hybridized carbons (Fsp3) is 0.259. The molecule has 9 heteroatoms. The molecular formula is C27H28N6O3. The lowest BCUT2D eigenvalue weighted by Gasteiger charge is -2.30. The van der Waals surface area contributed by atoms with Crippen LogP contribution < -0.4 is 5.56 Å². The number of H-pyrrole nitrogens is 1. The van der Waals surface area contributed by atoms with Crippen LogP contribution in [0, 0.1) is 6.92 Å². The molecule has 1 atom stereocenters. The summed E-state index contributed by atoms with van der Waals surface area (Å²) in [5.41, 5.74) is 3.34. The molecule has 0 amide bonds. The summed E-state index contributed by atoms with van der Waals surface area (Å²) in [5, 5.41) is 13.5. The van der Waals surface area contributed by atoms with Crippen LogP contribution in [-0.4, -0.2) is 43.8 Å². The predicted octanol–water partition coefficient (Wildman–Crippen LogP) is 3.85. The van der Waals surface area contributed by atoms with Gasteiger partial charge >= 0.3 is 0 Å². The van der Waals surface area contributed by atoms with Gasteiger partial charge in [0, 0.05) is 24.7 Å². The lowest BCUT2D eigenvalue weighted by Crippen LogP contribution is -2.35. The summed E-state index contributed by atoms with van der Waals surface area (Å²) in [7, 11) is 1.64. The monoisotopic (exact) mass is 484 g/mol. The predicted molar refractivity (Wildman–Crippen MR) is 135 cm³/mol. The zero-order chi connectivity index (χ0) is 24.9. The van der Waals surface area contributed by atoms with Crippen LogP contribution in [0.5, 0.6) is 0 Å². The van der Waals surface area contributed by atoms with Crippen molar-refractivity contribution < 1.29 is 9.15 Å². The van der Waals surface area contributed by atoms with Crippen LogP contribution >= 0.6 is 0 Å². The third kappa shape index (κ3) is 5.12. The van der Waals surface area contributed by atoms with Crippen molar-refractivity contribution in [3.63, 3.8) is 0 Å². The minimum absolute atomic E-state index is 0.183. The van der Waals surface area contributed by atoms with E-state index in [1.54, 1.807) is 18.1 Å². The zero-order valence-electron chi connectivity index (χ0n) is 20.3. The summed E-state index contributed by atoms with van der Waals surface area (Å²) in [4.78, 5) is 18.8. The molecule has 3 heterocycles. The molecule has 1 N–H and O–H groups in total. The highest BCUT2D eigenvalue weighted by molar-refractivity contribution is 5.79. The van der Waals surface area contributed by atoms with Crippen molar-refractivity contribution in [3.05, 3.63) is 112 Å². The number of ether oxygens (including phenoxy) is 1.